The van der Waals surface area contributed by atoms with Crippen molar-refractivity contribution in [1.82, 2.24) is 15.1 Å². The Morgan fingerprint density at radius 2 is 2.05 bits per heavy atom. The molecule has 0 saturated heterocycles. The highest BCUT2D eigenvalue weighted by Crippen LogP contribution is 2.14. The highest BCUT2D eigenvalue weighted by molar-refractivity contribution is 5.97. The quantitative estimate of drug-likeness (QED) is 0.832. The van der Waals surface area contributed by atoms with E-state index in [1.165, 1.54) is 4.68 Å². The van der Waals surface area contributed by atoms with Gasteiger partial charge in [-0.25, -0.2) is 4.68 Å². The number of aromatic nitrogens is 2. The van der Waals surface area contributed by atoms with Gasteiger partial charge in [-0.15, -0.1) is 0 Å². The topological polar surface area (TPSA) is 56.1 Å². The van der Waals surface area contributed by atoms with E-state index in [4.69, 9.17) is 0 Å². The van der Waals surface area contributed by atoms with Gasteiger partial charge in [0.25, 0.3) is 5.91 Å². The van der Waals surface area contributed by atoms with Gasteiger partial charge in [0.2, 0.25) is 0 Å². The summed E-state index contributed by atoms with van der Waals surface area (Å²) in [4.78, 5) is 12.1. The van der Waals surface area contributed by atoms with E-state index in [1.807, 2.05) is 0 Å². The third-order valence-electron chi connectivity index (χ3n) is 2.70. The average molecular weight is 313 g/mol. The van der Waals surface area contributed by atoms with Crippen LogP contribution in [-0.4, -0.2) is 41.6 Å². The molecule has 0 saturated carbocycles. The summed E-state index contributed by atoms with van der Waals surface area (Å²) in [6.45, 7) is -1.55. The van der Waals surface area contributed by atoms with Gasteiger partial charge in [0, 0.05) is 18.9 Å². The Kier molecular flexibility index (Phi) is 5.16. The second kappa shape index (κ2) is 7.08. The molecule has 0 bridgehead atoms. The van der Waals surface area contributed by atoms with E-state index in [9.17, 15) is 18.0 Å². The molecular formula is C14H14F3N3O2. The Balaban J connectivity index is 1.91. The van der Waals surface area contributed by atoms with Crippen LogP contribution >= 0.6 is 0 Å². The molecule has 0 aliphatic carbocycles. The molecule has 0 aliphatic heterocycles. The summed E-state index contributed by atoms with van der Waals surface area (Å²) in [7, 11) is 0. The highest BCUT2D eigenvalue weighted by Gasteiger charge is 2.27. The second-order valence-corrected chi connectivity index (χ2v) is 4.39. The second-order valence-electron chi connectivity index (χ2n) is 4.39. The third-order valence-corrected chi connectivity index (χ3v) is 2.70. The summed E-state index contributed by atoms with van der Waals surface area (Å²) >= 11 is 0. The van der Waals surface area contributed by atoms with Crippen molar-refractivity contribution in [2.75, 3.05) is 19.8 Å². The van der Waals surface area contributed by atoms with Crippen molar-refractivity contribution in [3.8, 4) is 5.69 Å². The van der Waals surface area contributed by atoms with Crippen LogP contribution in [0.25, 0.3) is 5.69 Å². The number of carbonyl (C=O) groups is 1. The minimum absolute atomic E-state index is 0.0116. The molecule has 22 heavy (non-hydrogen) atoms. The van der Waals surface area contributed by atoms with Crippen LogP contribution in [0.2, 0.25) is 0 Å². The lowest BCUT2D eigenvalue weighted by Crippen LogP contribution is -2.29. The van der Waals surface area contributed by atoms with Crippen LogP contribution in [0.3, 0.4) is 0 Å². The fraction of sp³-hybridized carbons (Fsp3) is 0.286. The SMILES string of the molecule is O=C(NCCOCC(F)(F)F)c1ccccc1-n1cccn1. The summed E-state index contributed by atoms with van der Waals surface area (Å²) < 4.78 is 41.6. The maximum absolute atomic E-state index is 12.1. The first-order valence-corrected chi connectivity index (χ1v) is 6.49. The Bertz CT molecular complexity index is 612. The number of hydrogen-bond acceptors (Lipinski definition) is 3. The minimum atomic E-state index is -4.36. The van der Waals surface area contributed by atoms with E-state index in [0.717, 1.165) is 0 Å². The van der Waals surface area contributed by atoms with Crippen molar-refractivity contribution >= 4 is 5.91 Å². The van der Waals surface area contributed by atoms with Crippen LogP contribution in [-0.2, 0) is 4.74 Å². The number of ether oxygens (including phenoxy) is 1. The van der Waals surface area contributed by atoms with Gasteiger partial charge in [0.15, 0.2) is 0 Å². The largest absolute Gasteiger partial charge is 0.411 e. The van der Waals surface area contributed by atoms with Crippen molar-refractivity contribution in [3.05, 3.63) is 48.3 Å². The number of nitrogens with one attached hydrogen (secondary N) is 1. The van der Waals surface area contributed by atoms with Gasteiger partial charge in [-0.05, 0) is 18.2 Å². The number of halogens is 3. The van der Waals surface area contributed by atoms with Gasteiger partial charge < -0.3 is 10.1 Å². The van der Waals surface area contributed by atoms with E-state index >= 15 is 0 Å². The van der Waals surface area contributed by atoms with Gasteiger partial charge in [-0.3, -0.25) is 4.79 Å². The molecule has 2 rings (SSSR count). The average Bonchev–Trinajstić information content (AvgIpc) is 2.99. The predicted octanol–water partition coefficient (Wildman–Crippen LogP) is 2.18. The number of amides is 1. The summed E-state index contributed by atoms with van der Waals surface area (Å²) in [5, 5.41) is 6.57. The summed E-state index contributed by atoms with van der Waals surface area (Å²) in [5.74, 6) is -0.401. The zero-order valence-corrected chi connectivity index (χ0v) is 11.5. The molecule has 1 aromatic heterocycles. The van der Waals surface area contributed by atoms with Gasteiger partial charge >= 0.3 is 6.18 Å². The Hall–Kier alpha value is -2.35. The molecule has 8 heteroatoms. The molecule has 0 aliphatic rings. The smallest absolute Gasteiger partial charge is 0.370 e. The lowest BCUT2D eigenvalue weighted by atomic mass is 10.1. The molecule has 2 aromatic rings. The third kappa shape index (κ3) is 4.59. The fourth-order valence-corrected chi connectivity index (χ4v) is 1.80. The Labute approximate surface area is 124 Å². The van der Waals surface area contributed by atoms with E-state index in [0.29, 0.717) is 11.3 Å². The molecule has 1 heterocycles. The molecule has 0 radical (unpaired) electrons. The van der Waals surface area contributed by atoms with Crippen LogP contribution < -0.4 is 5.32 Å². The maximum Gasteiger partial charge on any atom is 0.411 e. The minimum Gasteiger partial charge on any atom is -0.370 e. The summed E-state index contributed by atoms with van der Waals surface area (Å²) in [6.07, 6.45) is -1.09. The monoisotopic (exact) mass is 313 g/mol. The molecule has 5 nitrogen and oxygen atoms in total. The summed E-state index contributed by atoms with van der Waals surface area (Å²) in [5.41, 5.74) is 0.961. The molecule has 0 atom stereocenters. The van der Waals surface area contributed by atoms with E-state index in [2.05, 4.69) is 15.2 Å². The molecule has 0 unspecified atom stereocenters. The van der Waals surface area contributed by atoms with Crippen molar-refractivity contribution < 1.29 is 22.7 Å². The first kappa shape index (κ1) is 16.0. The van der Waals surface area contributed by atoms with Crippen LogP contribution in [0.15, 0.2) is 42.7 Å². The molecule has 1 N–H and O–H groups in total. The fourth-order valence-electron chi connectivity index (χ4n) is 1.80. The molecule has 1 amide bonds. The van der Waals surface area contributed by atoms with E-state index < -0.39 is 18.7 Å². The number of hydrogen-bond donors (Lipinski definition) is 1. The first-order valence-electron chi connectivity index (χ1n) is 6.49. The number of benzene rings is 1. The zero-order valence-electron chi connectivity index (χ0n) is 11.5. The van der Waals surface area contributed by atoms with Crippen LogP contribution in [0.5, 0.6) is 0 Å². The van der Waals surface area contributed by atoms with Crippen molar-refractivity contribution in [2.45, 2.75) is 6.18 Å². The lowest BCUT2D eigenvalue weighted by molar-refractivity contribution is -0.173. The number of carbonyl (C=O) groups excluding carboxylic acids is 1. The van der Waals surface area contributed by atoms with Crippen molar-refractivity contribution in [3.63, 3.8) is 0 Å². The molecule has 118 valence electrons. The number of nitrogens with zero attached hydrogens (tertiary/aromatic N) is 2. The van der Waals surface area contributed by atoms with Gasteiger partial charge in [-0.1, -0.05) is 12.1 Å². The van der Waals surface area contributed by atoms with E-state index in [1.54, 1.807) is 42.7 Å². The van der Waals surface area contributed by atoms with E-state index in [-0.39, 0.29) is 13.2 Å². The van der Waals surface area contributed by atoms with Crippen molar-refractivity contribution in [1.29, 1.82) is 0 Å². The number of rotatable bonds is 6. The van der Waals surface area contributed by atoms with Crippen LogP contribution in [0, 0.1) is 0 Å². The highest BCUT2D eigenvalue weighted by atomic mass is 19.4. The van der Waals surface area contributed by atoms with Crippen LogP contribution in [0.1, 0.15) is 10.4 Å². The number of para-hydroxylation sites is 1. The maximum atomic E-state index is 12.1. The summed E-state index contributed by atoms with van der Waals surface area (Å²) in [6, 6.07) is 8.52. The predicted molar refractivity (Wildman–Crippen MR) is 72.8 cm³/mol. The van der Waals surface area contributed by atoms with Gasteiger partial charge in [0.1, 0.15) is 6.61 Å². The normalized spacial score (nSPS) is 11.4. The van der Waals surface area contributed by atoms with Crippen molar-refractivity contribution in [2.24, 2.45) is 0 Å². The zero-order chi connectivity index (χ0) is 16.0. The Morgan fingerprint density at radius 3 is 2.73 bits per heavy atom. The Morgan fingerprint density at radius 1 is 1.27 bits per heavy atom. The molecule has 0 fully saturated rings. The first-order chi connectivity index (χ1) is 10.5. The standard InChI is InChI=1S/C14H14F3N3O2/c15-14(16,17)10-22-9-7-18-13(21)11-4-1-2-5-12(11)20-8-3-6-19-20/h1-6,8H,7,9-10H2,(H,18,21). The molecule has 1 aromatic carbocycles. The number of alkyl halides is 3. The molecular weight excluding hydrogens is 299 g/mol. The van der Waals surface area contributed by atoms with Crippen LogP contribution in [0.4, 0.5) is 13.2 Å². The van der Waals surface area contributed by atoms with Gasteiger partial charge in [0.05, 0.1) is 17.9 Å². The molecule has 0 spiro atoms. The van der Waals surface area contributed by atoms with Gasteiger partial charge in [-0.2, -0.15) is 18.3 Å². The lowest BCUT2D eigenvalue weighted by Gasteiger charge is -2.11.